The van der Waals surface area contributed by atoms with Gasteiger partial charge in [-0.25, -0.2) is 9.97 Å². The Balaban J connectivity index is 1.46. The Morgan fingerprint density at radius 1 is 0.848 bits per heavy atom. The lowest BCUT2D eigenvalue weighted by Gasteiger charge is -2.09. The van der Waals surface area contributed by atoms with Crippen LogP contribution < -0.4 is 16.4 Å². The average Bonchev–Trinajstić information content (AvgIpc) is 2.88. The molecule has 3 aromatic carbocycles. The summed E-state index contributed by atoms with van der Waals surface area (Å²) in [5.41, 5.74) is 10.7. The second-order valence-electron chi connectivity index (χ2n) is 7.39. The zero-order valence-corrected chi connectivity index (χ0v) is 18.1. The molecular weight excluding hydrogens is 414 g/mol. The minimum absolute atomic E-state index is 0.0452. The normalized spacial score (nSPS) is 10.5. The standard InChI is InChI=1S/C26H23N5O2/c1-28-26(33)23-24(27)29-16-22(31-23)20-8-5-9-21(14-20)25(32)30-15-17-10-12-19(13-11-17)18-6-3-2-4-7-18/h2-14,16H,15H2,1H3,(H2,27,29)(H,28,33)(H,30,32). The molecule has 7 nitrogen and oxygen atoms in total. The van der Waals surface area contributed by atoms with E-state index in [9.17, 15) is 9.59 Å². The number of carbonyl (C=O) groups is 2. The van der Waals surface area contributed by atoms with Gasteiger partial charge in [-0.1, -0.05) is 66.7 Å². The summed E-state index contributed by atoms with van der Waals surface area (Å²) in [6.45, 7) is 0.403. The first-order valence-corrected chi connectivity index (χ1v) is 10.4. The van der Waals surface area contributed by atoms with Crippen molar-refractivity contribution in [3.63, 3.8) is 0 Å². The highest BCUT2D eigenvalue weighted by molar-refractivity contribution is 5.97. The molecule has 0 bridgehead atoms. The van der Waals surface area contributed by atoms with Crippen LogP contribution in [0.3, 0.4) is 0 Å². The topological polar surface area (TPSA) is 110 Å². The molecule has 0 saturated heterocycles. The van der Waals surface area contributed by atoms with Gasteiger partial charge in [0, 0.05) is 24.7 Å². The number of nitrogens with zero attached hydrogens (tertiary/aromatic N) is 2. The summed E-state index contributed by atoms with van der Waals surface area (Å²) in [5, 5.41) is 5.43. The van der Waals surface area contributed by atoms with E-state index in [0.29, 0.717) is 23.4 Å². The van der Waals surface area contributed by atoms with Crippen molar-refractivity contribution in [1.82, 2.24) is 20.6 Å². The Labute approximate surface area is 191 Å². The zero-order valence-electron chi connectivity index (χ0n) is 18.1. The number of aromatic nitrogens is 2. The van der Waals surface area contributed by atoms with Crippen LogP contribution >= 0.6 is 0 Å². The van der Waals surface area contributed by atoms with Gasteiger partial charge >= 0.3 is 0 Å². The number of nitrogen functional groups attached to an aromatic ring is 1. The highest BCUT2D eigenvalue weighted by Crippen LogP contribution is 2.21. The van der Waals surface area contributed by atoms with Crippen LogP contribution in [0.5, 0.6) is 0 Å². The molecule has 164 valence electrons. The number of rotatable bonds is 6. The lowest BCUT2D eigenvalue weighted by atomic mass is 10.0. The molecule has 0 unspecified atom stereocenters. The number of amides is 2. The van der Waals surface area contributed by atoms with Gasteiger partial charge in [0.05, 0.1) is 11.9 Å². The van der Waals surface area contributed by atoms with E-state index in [0.717, 1.165) is 16.7 Å². The molecular formula is C26H23N5O2. The predicted molar refractivity (Wildman–Crippen MR) is 128 cm³/mol. The predicted octanol–water partition coefficient (Wildman–Crippen LogP) is 3.68. The van der Waals surface area contributed by atoms with Gasteiger partial charge in [-0.15, -0.1) is 0 Å². The second-order valence-corrected chi connectivity index (χ2v) is 7.39. The van der Waals surface area contributed by atoms with Gasteiger partial charge in [-0.2, -0.15) is 0 Å². The number of nitrogens with one attached hydrogen (secondary N) is 2. The van der Waals surface area contributed by atoms with Gasteiger partial charge in [0.15, 0.2) is 11.5 Å². The van der Waals surface area contributed by atoms with E-state index in [1.54, 1.807) is 24.3 Å². The third-order valence-electron chi connectivity index (χ3n) is 5.18. The number of hydrogen-bond acceptors (Lipinski definition) is 5. The fourth-order valence-electron chi connectivity index (χ4n) is 3.37. The number of carbonyl (C=O) groups excluding carboxylic acids is 2. The van der Waals surface area contributed by atoms with Crippen molar-refractivity contribution in [1.29, 1.82) is 0 Å². The molecule has 4 aromatic rings. The Bertz CT molecular complexity index is 1290. The van der Waals surface area contributed by atoms with Gasteiger partial charge in [0.25, 0.3) is 11.8 Å². The fraction of sp³-hybridized carbons (Fsp3) is 0.0769. The van der Waals surface area contributed by atoms with Crippen LogP contribution in [0.1, 0.15) is 26.4 Å². The van der Waals surface area contributed by atoms with E-state index < -0.39 is 5.91 Å². The number of hydrogen-bond donors (Lipinski definition) is 3. The molecule has 2 amide bonds. The summed E-state index contributed by atoms with van der Waals surface area (Å²) < 4.78 is 0. The van der Waals surface area contributed by atoms with Crippen LogP contribution in [0.2, 0.25) is 0 Å². The molecule has 4 rings (SSSR count). The summed E-state index contributed by atoms with van der Waals surface area (Å²) >= 11 is 0. The van der Waals surface area contributed by atoms with E-state index in [1.807, 2.05) is 42.5 Å². The minimum Gasteiger partial charge on any atom is -0.382 e. The van der Waals surface area contributed by atoms with Crippen molar-refractivity contribution in [2.75, 3.05) is 12.8 Å². The zero-order chi connectivity index (χ0) is 23.2. The molecule has 1 aromatic heterocycles. The van der Waals surface area contributed by atoms with E-state index >= 15 is 0 Å². The molecule has 0 aliphatic heterocycles. The van der Waals surface area contributed by atoms with Crippen molar-refractivity contribution < 1.29 is 9.59 Å². The number of benzene rings is 3. The maximum absolute atomic E-state index is 12.7. The summed E-state index contributed by atoms with van der Waals surface area (Å²) in [6.07, 6.45) is 1.48. The van der Waals surface area contributed by atoms with Crippen LogP contribution in [-0.2, 0) is 6.54 Å². The molecule has 1 heterocycles. The molecule has 0 radical (unpaired) electrons. The van der Waals surface area contributed by atoms with Gasteiger partial charge in [0.1, 0.15) is 0 Å². The molecule has 0 aliphatic rings. The summed E-state index contributed by atoms with van der Waals surface area (Å²) in [4.78, 5) is 33.1. The minimum atomic E-state index is -0.422. The molecule has 4 N–H and O–H groups in total. The van der Waals surface area contributed by atoms with Gasteiger partial charge in [0.2, 0.25) is 0 Å². The number of anilines is 1. The van der Waals surface area contributed by atoms with Gasteiger partial charge < -0.3 is 16.4 Å². The van der Waals surface area contributed by atoms with Crippen LogP contribution in [0.4, 0.5) is 5.82 Å². The van der Waals surface area contributed by atoms with Gasteiger partial charge in [-0.3, -0.25) is 9.59 Å². The molecule has 0 saturated carbocycles. The van der Waals surface area contributed by atoms with Crippen molar-refractivity contribution in [3.8, 4) is 22.4 Å². The Hall–Kier alpha value is -4.52. The SMILES string of the molecule is CNC(=O)c1nc(-c2cccc(C(=O)NCc3ccc(-c4ccccc4)cc3)c2)cnc1N. The second kappa shape index (κ2) is 9.74. The summed E-state index contributed by atoms with van der Waals surface area (Å²) in [7, 11) is 1.50. The van der Waals surface area contributed by atoms with Crippen LogP contribution in [0, 0.1) is 0 Å². The van der Waals surface area contributed by atoms with Crippen LogP contribution in [0.15, 0.2) is 85.1 Å². The monoisotopic (exact) mass is 437 g/mol. The average molecular weight is 438 g/mol. The lowest BCUT2D eigenvalue weighted by molar-refractivity contribution is 0.0945. The Morgan fingerprint density at radius 3 is 2.27 bits per heavy atom. The van der Waals surface area contributed by atoms with Crippen LogP contribution in [-0.4, -0.2) is 28.8 Å². The third-order valence-corrected chi connectivity index (χ3v) is 5.18. The van der Waals surface area contributed by atoms with Gasteiger partial charge in [-0.05, 0) is 28.8 Å². The smallest absolute Gasteiger partial charge is 0.273 e. The first-order valence-electron chi connectivity index (χ1n) is 10.4. The van der Waals surface area contributed by atoms with E-state index in [-0.39, 0.29) is 17.4 Å². The highest BCUT2D eigenvalue weighted by Gasteiger charge is 2.14. The van der Waals surface area contributed by atoms with E-state index in [2.05, 4.69) is 32.7 Å². The lowest BCUT2D eigenvalue weighted by Crippen LogP contribution is -2.23. The fourth-order valence-corrected chi connectivity index (χ4v) is 3.37. The molecule has 0 fully saturated rings. The quantitative estimate of drug-likeness (QED) is 0.426. The Kier molecular flexibility index (Phi) is 6.40. The van der Waals surface area contributed by atoms with E-state index in [1.165, 1.54) is 13.2 Å². The van der Waals surface area contributed by atoms with Crippen molar-refractivity contribution in [2.24, 2.45) is 0 Å². The first kappa shape index (κ1) is 21.7. The van der Waals surface area contributed by atoms with Crippen LogP contribution in [0.25, 0.3) is 22.4 Å². The van der Waals surface area contributed by atoms with Crippen molar-refractivity contribution in [3.05, 3.63) is 102 Å². The summed E-state index contributed by atoms with van der Waals surface area (Å²) in [5.74, 6) is -0.585. The van der Waals surface area contributed by atoms with E-state index in [4.69, 9.17) is 5.73 Å². The molecule has 0 atom stereocenters. The van der Waals surface area contributed by atoms with Crippen molar-refractivity contribution in [2.45, 2.75) is 6.54 Å². The number of nitrogens with two attached hydrogens (primary N) is 1. The molecule has 0 aliphatic carbocycles. The molecule has 0 spiro atoms. The highest BCUT2D eigenvalue weighted by atomic mass is 16.2. The van der Waals surface area contributed by atoms with Crippen molar-refractivity contribution >= 4 is 17.6 Å². The summed E-state index contributed by atoms with van der Waals surface area (Å²) in [6, 6.07) is 25.2. The first-order chi connectivity index (χ1) is 16.0. The maximum atomic E-state index is 12.7. The molecule has 33 heavy (non-hydrogen) atoms. The molecule has 7 heteroatoms. The largest absolute Gasteiger partial charge is 0.382 e. The maximum Gasteiger partial charge on any atom is 0.273 e. The Morgan fingerprint density at radius 2 is 1.55 bits per heavy atom. The third kappa shape index (κ3) is 5.04.